The first-order valence-electron chi connectivity index (χ1n) is 8.97. The first-order chi connectivity index (χ1) is 13.5. The number of pyridine rings is 1. The molecule has 2 heterocycles. The molecule has 0 atom stereocenters. The molecular weight excluding hydrogens is 362 g/mol. The second-order valence-electron chi connectivity index (χ2n) is 6.64. The highest BCUT2D eigenvalue weighted by atomic mass is 16.6. The van der Waals surface area contributed by atoms with Crippen molar-refractivity contribution in [1.82, 2.24) is 15.2 Å². The molecule has 1 saturated heterocycles. The summed E-state index contributed by atoms with van der Waals surface area (Å²) < 4.78 is 5.16. The van der Waals surface area contributed by atoms with E-state index in [9.17, 15) is 14.9 Å². The van der Waals surface area contributed by atoms with Crippen molar-refractivity contribution < 1.29 is 14.5 Å². The minimum absolute atomic E-state index is 0.130. The van der Waals surface area contributed by atoms with Crippen LogP contribution >= 0.6 is 0 Å². The molecular formula is C19H23N5O4. The Kier molecular flexibility index (Phi) is 6.05. The number of methoxy groups -OCH3 is 1. The van der Waals surface area contributed by atoms with E-state index in [0.29, 0.717) is 0 Å². The van der Waals surface area contributed by atoms with Crippen LogP contribution in [-0.2, 0) is 6.54 Å². The van der Waals surface area contributed by atoms with Gasteiger partial charge in [-0.2, -0.15) is 0 Å². The highest BCUT2D eigenvalue weighted by Crippen LogP contribution is 2.24. The molecule has 0 radical (unpaired) electrons. The van der Waals surface area contributed by atoms with Gasteiger partial charge in [-0.25, -0.2) is 4.98 Å². The van der Waals surface area contributed by atoms with Gasteiger partial charge in [-0.15, -0.1) is 0 Å². The minimum atomic E-state index is -0.540. The van der Waals surface area contributed by atoms with Gasteiger partial charge in [0.15, 0.2) is 0 Å². The van der Waals surface area contributed by atoms with Gasteiger partial charge in [-0.05, 0) is 30.8 Å². The number of likely N-dealkylation sites (N-methyl/N-ethyl adjacent to an activating group) is 1. The van der Waals surface area contributed by atoms with E-state index in [-0.39, 0.29) is 23.5 Å². The molecule has 9 heteroatoms. The SMILES string of the molecule is COc1ccc([N+](=O)[O-])cc1C(=O)NCc1ccnc(N2CCN(C)CC2)c1. The van der Waals surface area contributed by atoms with E-state index < -0.39 is 10.8 Å². The van der Waals surface area contributed by atoms with Crippen LogP contribution in [0.3, 0.4) is 0 Å². The number of piperazine rings is 1. The summed E-state index contributed by atoms with van der Waals surface area (Å²) >= 11 is 0. The number of carbonyl (C=O) groups is 1. The Morgan fingerprint density at radius 2 is 2.00 bits per heavy atom. The van der Waals surface area contributed by atoms with Crippen molar-refractivity contribution in [3.63, 3.8) is 0 Å². The van der Waals surface area contributed by atoms with E-state index in [2.05, 4.69) is 27.1 Å². The van der Waals surface area contributed by atoms with Crippen LogP contribution in [-0.4, -0.2) is 61.1 Å². The van der Waals surface area contributed by atoms with Crippen molar-refractivity contribution in [2.75, 3.05) is 45.2 Å². The number of anilines is 1. The largest absolute Gasteiger partial charge is 0.496 e. The van der Waals surface area contributed by atoms with Crippen LogP contribution in [0, 0.1) is 10.1 Å². The quantitative estimate of drug-likeness (QED) is 0.596. The number of rotatable bonds is 6. The maximum atomic E-state index is 12.5. The first-order valence-corrected chi connectivity index (χ1v) is 8.97. The maximum absolute atomic E-state index is 12.5. The van der Waals surface area contributed by atoms with Gasteiger partial charge in [0.1, 0.15) is 11.6 Å². The molecule has 1 aliphatic rings. The standard InChI is InChI=1S/C19H23N5O4/c1-22-7-9-23(10-8-22)18-11-14(5-6-20-18)13-21-19(25)16-12-15(24(26)27)3-4-17(16)28-2/h3-6,11-12H,7-10,13H2,1-2H3,(H,21,25). The van der Waals surface area contributed by atoms with Gasteiger partial charge in [-0.3, -0.25) is 14.9 Å². The number of aromatic nitrogens is 1. The zero-order valence-corrected chi connectivity index (χ0v) is 15.9. The average molecular weight is 385 g/mol. The molecule has 0 unspecified atom stereocenters. The van der Waals surface area contributed by atoms with Crippen LogP contribution in [0.4, 0.5) is 11.5 Å². The van der Waals surface area contributed by atoms with Crippen molar-refractivity contribution >= 4 is 17.4 Å². The number of benzene rings is 1. The molecule has 1 fully saturated rings. The molecule has 1 amide bonds. The van der Waals surface area contributed by atoms with E-state index in [1.54, 1.807) is 6.20 Å². The van der Waals surface area contributed by atoms with E-state index in [4.69, 9.17) is 4.74 Å². The third kappa shape index (κ3) is 4.55. The molecule has 0 bridgehead atoms. The summed E-state index contributed by atoms with van der Waals surface area (Å²) in [6, 6.07) is 7.74. The van der Waals surface area contributed by atoms with Gasteiger partial charge in [-0.1, -0.05) is 0 Å². The van der Waals surface area contributed by atoms with E-state index in [1.165, 1.54) is 25.3 Å². The Morgan fingerprint density at radius 1 is 1.25 bits per heavy atom. The molecule has 0 saturated carbocycles. The van der Waals surface area contributed by atoms with Gasteiger partial charge < -0.3 is 19.9 Å². The van der Waals surface area contributed by atoms with Crippen molar-refractivity contribution in [3.05, 3.63) is 57.8 Å². The summed E-state index contributed by atoms with van der Waals surface area (Å²) in [6.45, 7) is 4.06. The number of nitro groups is 1. The molecule has 0 aliphatic carbocycles. The van der Waals surface area contributed by atoms with E-state index in [1.807, 2.05) is 12.1 Å². The summed E-state index contributed by atoms with van der Waals surface area (Å²) in [5, 5.41) is 13.8. The summed E-state index contributed by atoms with van der Waals surface area (Å²) in [5.41, 5.74) is 0.874. The minimum Gasteiger partial charge on any atom is -0.496 e. The lowest BCUT2D eigenvalue weighted by molar-refractivity contribution is -0.384. The van der Waals surface area contributed by atoms with Crippen LogP contribution in [0.5, 0.6) is 5.75 Å². The molecule has 1 aliphatic heterocycles. The number of carbonyl (C=O) groups excluding carboxylic acids is 1. The second kappa shape index (κ2) is 8.66. The molecule has 148 valence electrons. The highest BCUT2D eigenvalue weighted by molar-refractivity contribution is 5.97. The van der Waals surface area contributed by atoms with Crippen molar-refractivity contribution in [3.8, 4) is 5.75 Å². The molecule has 3 rings (SSSR count). The lowest BCUT2D eigenvalue weighted by atomic mass is 10.1. The number of hydrogen-bond donors (Lipinski definition) is 1. The number of nitro benzene ring substituents is 1. The number of ether oxygens (including phenoxy) is 1. The maximum Gasteiger partial charge on any atom is 0.270 e. The Labute approximate surface area is 163 Å². The number of nitrogens with one attached hydrogen (secondary N) is 1. The van der Waals surface area contributed by atoms with Crippen LogP contribution in [0.25, 0.3) is 0 Å². The highest BCUT2D eigenvalue weighted by Gasteiger charge is 2.18. The number of hydrogen-bond acceptors (Lipinski definition) is 7. The number of nitrogens with zero attached hydrogens (tertiary/aromatic N) is 4. The third-order valence-electron chi connectivity index (χ3n) is 4.73. The Bertz CT molecular complexity index is 865. The van der Waals surface area contributed by atoms with Gasteiger partial charge in [0.2, 0.25) is 0 Å². The Balaban J connectivity index is 1.69. The molecule has 28 heavy (non-hydrogen) atoms. The molecule has 0 spiro atoms. The molecule has 1 N–H and O–H groups in total. The second-order valence-corrected chi connectivity index (χ2v) is 6.64. The normalized spacial score (nSPS) is 14.6. The van der Waals surface area contributed by atoms with Gasteiger partial charge >= 0.3 is 0 Å². The van der Waals surface area contributed by atoms with Crippen molar-refractivity contribution in [2.24, 2.45) is 0 Å². The van der Waals surface area contributed by atoms with Crippen molar-refractivity contribution in [1.29, 1.82) is 0 Å². The molecule has 9 nitrogen and oxygen atoms in total. The van der Waals surface area contributed by atoms with Crippen molar-refractivity contribution in [2.45, 2.75) is 6.54 Å². The van der Waals surface area contributed by atoms with Gasteiger partial charge in [0, 0.05) is 51.1 Å². The fraction of sp³-hybridized carbons (Fsp3) is 0.368. The van der Waals surface area contributed by atoms with Gasteiger partial charge in [0.25, 0.3) is 11.6 Å². The van der Waals surface area contributed by atoms with Crippen LogP contribution in [0.15, 0.2) is 36.5 Å². The lowest BCUT2D eigenvalue weighted by Gasteiger charge is -2.33. The summed E-state index contributed by atoms with van der Waals surface area (Å²) in [5.74, 6) is 0.738. The van der Waals surface area contributed by atoms with Crippen LogP contribution in [0.1, 0.15) is 15.9 Å². The zero-order valence-electron chi connectivity index (χ0n) is 15.9. The monoisotopic (exact) mass is 385 g/mol. The topological polar surface area (TPSA) is 101 Å². The number of amides is 1. The third-order valence-corrected chi connectivity index (χ3v) is 4.73. The summed E-state index contributed by atoms with van der Waals surface area (Å²) in [6.07, 6.45) is 1.73. The van der Waals surface area contributed by atoms with Gasteiger partial charge in [0.05, 0.1) is 17.6 Å². The van der Waals surface area contributed by atoms with Crippen LogP contribution in [0.2, 0.25) is 0 Å². The molecule has 2 aromatic rings. The predicted octanol–water partition coefficient (Wildman–Crippen LogP) is 1.68. The van der Waals surface area contributed by atoms with E-state index >= 15 is 0 Å². The lowest BCUT2D eigenvalue weighted by Crippen LogP contribution is -2.44. The predicted molar refractivity (Wildman–Crippen MR) is 105 cm³/mol. The fourth-order valence-corrected chi connectivity index (χ4v) is 3.04. The van der Waals surface area contributed by atoms with E-state index in [0.717, 1.165) is 37.6 Å². The Hall–Kier alpha value is -3.20. The summed E-state index contributed by atoms with van der Waals surface area (Å²) in [4.78, 5) is 31.9. The molecule has 1 aromatic heterocycles. The number of non-ortho nitro benzene ring substituents is 1. The smallest absolute Gasteiger partial charge is 0.270 e. The Morgan fingerprint density at radius 3 is 2.68 bits per heavy atom. The fourth-order valence-electron chi connectivity index (χ4n) is 3.04. The molecule has 1 aromatic carbocycles. The summed E-state index contributed by atoms with van der Waals surface area (Å²) in [7, 11) is 3.52. The first kappa shape index (κ1) is 19.6. The van der Waals surface area contributed by atoms with Crippen LogP contribution < -0.4 is 15.0 Å². The zero-order chi connectivity index (χ0) is 20.1. The average Bonchev–Trinajstić information content (AvgIpc) is 2.72.